The molecule has 0 aromatic carbocycles. The van der Waals surface area contributed by atoms with Crippen molar-refractivity contribution < 1.29 is 9.32 Å². The van der Waals surface area contributed by atoms with E-state index in [-0.39, 0.29) is 11.4 Å². The average molecular weight is 148 g/mol. The van der Waals surface area contributed by atoms with Gasteiger partial charge in [0.05, 0.1) is 6.10 Å². The minimum Gasteiger partial charge on any atom is -0.393 e. The summed E-state index contributed by atoms with van der Waals surface area (Å²) in [5, 5.41) is 9.27. The molecule has 0 amide bonds. The van der Waals surface area contributed by atoms with E-state index < -0.39 is 10.8 Å². The lowest BCUT2D eigenvalue weighted by Gasteiger charge is -2.21. The maximum Gasteiger partial charge on any atom is 0.0560 e. The Hall–Kier alpha value is 0.110. The molecule has 1 rings (SSSR count). The fourth-order valence-electron chi connectivity index (χ4n) is 1.06. The summed E-state index contributed by atoms with van der Waals surface area (Å²) < 4.78 is 10.9. The molecule has 1 unspecified atom stereocenters. The summed E-state index contributed by atoms with van der Waals surface area (Å²) in [5.41, 5.74) is 0. The van der Waals surface area contributed by atoms with Crippen LogP contribution < -0.4 is 0 Å². The third-order valence-corrected chi connectivity index (χ3v) is 3.43. The summed E-state index contributed by atoms with van der Waals surface area (Å²) in [6.45, 7) is 1.93. The summed E-state index contributed by atoms with van der Waals surface area (Å²) in [6, 6.07) is 0. The first-order valence-electron chi connectivity index (χ1n) is 3.25. The molecule has 1 N–H and O–H groups in total. The Bertz CT molecular complexity index is 124. The number of aliphatic hydroxyl groups excluding tert-OH is 1. The van der Waals surface area contributed by atoms with E-state index in [1.807, 2.05) is 6.92 Å². The van der Waals surface area contributed by atoms with E-state index in [2.05, 4.69) is 0 Å². The summed E-state index contributed by atoms with van der Waals surface area (Å²) in [5.74, 6) is 0.683. The zero-order valence-electron chi connectivity index (χ0n) is 5.54. The van der Waals surface area contributed by atoms with Gasteiger partial charge in [0.15, 0.2) is 0 Å². The predicted molar refractivity (Wildman–Crippen MR) is 37.7 cm³/mol. The molecular weight excluding hydrogens is 136 g/mol. The SMILES string of the molecule is C[C@H]1C[C@H](O)CCS1=O. The van der Waals surface area contributed by atoms with Crippen molar-refractivity contribution in [3.8, 4) is 0 Å². The van der Waals surface area contributed by atoms with Crippen molar-refractivity contribution in [3.05, 3.63) is 0 Å². The van der Waals surface area contributed by atoms with Crippen LogP contribution >= 0.6 is 0 Å². The molecule has 0 aromatic rings. The first-order chi connectivity index (χ1) is 4.20. The van der Waals surface area contributed by atoms with Crippen LogP contribution in [-0.4, -0.2) is 26.4 Å². The standard InChI is InChI=1S/C6H12O2S/c1-5-4-6(7)2-3-9(5)8/h5-7H,2-4H2,1H3/t5-,6+,9?/m0/s1. The van der Waals surface area contributed by atoms with Gasteiger partial charge in [0.1, 0.15) is 0 Å². The molecule has 0 saturated carbocycles. The highest BCUT2D eigenvalue weighted by Gasteiger charge is 2.21. The second-order valence-corrected chi connectivity index (χ2v) is 4.55. The van der Waals surface area contributed by atoms with Gasteiger partial charge in [-0.3, -0.25) is 4.21 Å². The maximum atomic E-state index is 10.9. The lowest BCUT2D eigenvalue weighted by molar-refractivity contribution is 0.157. The Morgan fingerprint density at radius 1 is 1.67 bits per heavy atom. The minimum atomic E-state index is -0.666. The van der Waals surface area contributed by atoms with E-state index in [1.54, 1.807) is 0 Å². The van der Waals surface area contributed by atoms with Crippen LogP contribution in [0.3, 0.4) is 0 Å². The van der Waals surface area contributed by atoms with Crippen molar-refractivity contribution in [2.45, 2.75) is 31.1 Å². The molecule has 0 spiro atoms. The molecule has 0 bridgehead atoms. The molecule has 0 radical (unpaired) electrons. The molecule has 1 saturated heterocycles. The minimum absolute atomic E-state index is 0.197. The van der Waals surface area contributed by atoms with E-state index >= 15 is 0 Å². The van der Waals surface area contributed by atoms with Crippen molar-refractivity contribution in [3.63, 3.8) is 0 Å². The number of rotatable bonds is 0. The second-order valence-electron chi connectivity index (χ2n) is 2.57. The van der Waals surface area contributed by atoms with Crippen LogP contribution in [0.1, 0.15) is 19.8 Å². The predicted octanol–water partition coefficient (Wildman–Crippen LogP) is 0.278. The highest BCUT2D eigenvalue weighted by molar-refractivity contribution is 7.85. The molecular formula is C6H12O2S. The van der Waals surface area contributed by atoms with Crippen LogP contribution in [0.5, 0.6) is 0 Å². The monoisotopic (exact) mass is 148 g/mol. The Balaban J connectivity index is 2.44. The molecule has 1 aliphatic heterocycles. The Morgan fingerprint density at radius 3 is 2.78 bits per heavy atom. The van der Waals surface area contributed by atoms with Crippen LogP contribution in [0.4, 0.5) is 0 Å². The van der Waals surface area contributed by atoms with E-state index in [4.69, 9.17) is 5.11 Å². The topological polar surface area (TPSA) is 37.3 Å². The van der Waals surface area contributed by atoms with Gasteiger partial charge in [0.2, 0.25) is 0 Å². The lowest BCUT2D eigenvalue weighted by atomic mass is 10.1. The number of hydrogen-bond acceptors (Lipinski definition) is 2. The van der Waals surface area contributed by atoms with Gasteiger partial charge >= 0.3 is 0 Å². The second kappa shape index (κ2) is 2.80. The fourth-order valence-corrected chi connectivity index (χ4v) is 2.41. The Morgan fingerprint density at radius 2 is 2.33 bits per heavy atom. The third-order valence-electron chi connectivity index (χ3n) is 1.71. The van der Waals surface area contributed by atoms with Crippen LogP contribution in [-0.2, 0) is 10.8 Å². The molecule has 9 heavy (non-hydrogen) atoms. The normalized spacial score (nSPS) is 44.9. The van der Waals surface area contributed by atoms with Crippen LogP contribution in [0.25, 0.3) is 0 Å². The number of hydrogen-bond donors (Lipinski definition) is 1. The quantitative estimate of drug-likeness (QED) is 0.535. The van der Waals surface area contributed by atoms with Crippen LogP contribution in [0.2, 0.25) is 0 Å². The molecule has 54 valence electrons. The summed E-state index contributed by atoms with van der Waals surface area (Å²) in [6.07, 6.45) is 1.24. The summed E-state index contributed by atoms with van der Waals surface area (Å²) in [4.78, 5) is 0. The Kier molecular flexibility index (Phi) is 2.24. The van der Waals surface area contributed by atoms with Gasteiger partial charge in [0.25, 0.3) is 0 Å². The van der Waals surface area contributed by atoms with Crippen LogP contribution in [0, 0.1) is 0 Å². The van der Waals surface area contributed by atoms with Gasteiger partial charge in [-0.25, -0.2) is 0 Å². The Labute approximate surface area is 57.7 Å². The van der Waals surface area contributed by atoms with Crippen molar-refractivity contribution in [1.82, 2.24) is 0 Å². The molecule has 3 atom stereocenters. The zero-order chi connectivity index (χ0) is 6.85. The largest absolute Gasteiger partial charge is 0.393 e. The first-order valence-corrected chi connectivity index (χ1v) is 4.63. The highest BCUT2D eigenvalue weighted by Crippen LogP contribution is 2.15. The third kappa shape index (κ3) is 1.76. The van der Waals surface area contributed by atoms with E-state index in [0.29, 0.717) is 12.2 Å². The van der Waals surface area contributed by atoms with Crippen LogP contribution in [0.15, 0.2) is 0 Å². The van der Waals surface area contributed by atoms with Crippen molar-refractivity contribution >= 4 is 10.8 Å². The van der Waals surface area contributed by atoms with Gasteiger partial charge in [-0.15, -0.1) is 0 Å². The first kappa shape index (κ1) is 7.22. The molecule has 0 aliphatic carbocycles. The zero-order valence-corrected chi connectivity index (χ0v) is 6.36. The molecule has 2 nitrogen and oxygen atoms in total. The molecule has 0 aromatic heterocycles. The van der Waals surface area contributed by atoms with Gasteiger partial charge < -0.3 is 5.11 Å². The van der Waals surface area contributed by atoms with Crippen molar-refractivity contribution in [2.24, 2.45) is 0 Å². The lowest BCUT2D eigenvalue weighted by Crippen LogP contribution is -2.28. The van der Waals surface area contributed by atoms with Gasteiger partial charge in [-0.1, -0.05) is 6.92 Å². The molecule has 1 heterocycles. The summed E-state index contributed by atoms with van der Waals surface area (Å²) >= 11 is 0. The van der Waals surface area contributed by atoms with Crippen molar-refractivity contribution in [2.75, 3.05) is 5.75 Å². The van der Waals surface area contributed by atoms with Gasteiger partial charge in [-0.2, -0.15) is 0 Å². The van der Waals surface area contributed by atoms with Gasteiger partial charge in [-0.05, 0) is 12.8 Å². The average Bonchev–Trinajstić information content (AvgIpc) is 1.80. The number of aliphatic hydroxyl groups is 1. The molecule has 1 fully saturated rings. The smallest absolute Gasteiger partial charge is 0.0560 e. The highest BCUT2D eigenvalue weighted by atomic mass is 32.2. The summed E-state index contributed by atoms with van der Waals surface area (Å²) in [7, 11) is -0.666. The van der Waals surface area contributed by atoms with Gasteiger partial charge in [0, 0.05) is 21.8 Å². The fraction of sp³-hybridized carbons (Fsp3) is 1.00. The maximum absolute atomic E-state index is 10.9. The van der Waals surface area contributed by atoms with E-state index in [0.717, 1.165) is 6.42 Å². The van der Waals surface area contributed by atoms with E-state index in [1.165, 1.54) is 0 Å². The molecule has 3 heteroatoms. The van der Waals surface area contributed by atoms with Crippen molar-refractivity contribution in [1.29, 1.82) is 0 Å². The molecule has 1 aliphatic rings. The van der Waals surface area contributed by atoms with E-state index in [9.17, 15) is 4.21 Å².